The van der Waals surface area contributed by atoms with E-state index in [4.69, 9.17) is 9.47 Å². The largest absolute Gasteiger partial charge is 0.494 e. The van der Waals surface area contributed by atoms with Crippen LogP contribution in [-0.4, -0.2) is 21.6 Å². The highest BCUT2D eigenvalue weighted by Gasteiger charge is 2.19. The topological polar surface area (TPSA) is 64.6 Å². The van der Waals surface area contributed by atoms with E-state index < -0.39 is 10.0 Å². The number of nitrogens with one attached hydrogen (secondary N) is 1. The minimum absolute atomic E-state index is 0.222. The van der Waals surface area contributed by atoms with Gasteiger partial charge in [0, 0.05) is 16.5 Å². The molecule has 0 saturated heterocycles. The Kier molecular flexibility index (Phi) is 6.99. The van der Waals surface area contributed by atoms with E-state index in [1.54, 1.807) is 42.5 Å². The summed E-state index contributed by atoms with van der Waals surface area (Å²) >= 11 is 0. The van der Waals surface area contributed by atoms with E-state index in [0.717, 1.165) is 30.4 Å². The van der Waals surface area contributed by atoms with Crippen molar-refractivity contribution in [3.05, 3.63) is 60.7 Å². The molecule has 0 unspecified atom stereocenters. The van der Waals surface area contributed by atoms with Gasteiger partial charge in [0.2, 0.25) is 0 Å². The highest BCUT2D eigenvalue weighted by Crippen LogP contribution is 2.32. The minimum Gasteiger partial charge on any atom is -0.494 e. The Bertz CT molecular complexity index is 1050. The number of benzene rings is 3. The standard InChI is InChI=1S/C23H27NO4S/c1-3-5-17-27-19-12-10-18(11-13-19)24-29(25,26)23-15-14-22(28-16-4-2)20-8-6-7-9-21(20)23/h6-15,24H,3-5,16-17H2,1-2H3. The molecule has 3 rings (SSSR count). The average molecular weight is 414 g/mol. The molecule has 0 aliphatic heterocycles. The summed E-state index contributed by atoms with van der Waals surface area (Å²) in [5.74, 6) is 1.42. The highest BCUT2D eigenvalue weighted by molar-refractivity contribution is 7.93. The average Bonchev–Trinajstić information content (AvgIpc) is 2.73. The Morgan fingerprint density at radius 3 is 2.21 bits per heavy atom. The van der Waals surface area contributed by atoms with E-state index in [1.807, 2.05) is 25.1 Å². The van der Waals surface area contributed by atoms with Gasteiger partial charge in [-0.2, -0.15) is 0 Å². The third-order valence-corrected chi connectivity index (χ3v) is 5.91. The molecule has 0 saturated carbocycles. The maximum Gasteiger partial charge on any atom is 0.262 e. The van der Waals surface area contributed by atoms with Gasteiger partial charge in [-0.05, 0) is 49.2 Å². The Labute approximate surface area is 172 Å². The van der Waals surface area contributed by atoms with Crippen LogP contribution in [0.1, 0.15) is 33.1 Å². The lowest BCUT2D eigenvalue weighted by Crippen LogP contribution is -2.13. The van der Waals surface area contributed by atoms with Crippen molar-refractivity contribution in [1.29, 1.82) is 0 Å². The number of hydrogen-bond acceptors (Lipinski definition) is 4. The maximum absolute atomic E-state index is 13.1. The van der Waals surface area contributed by atoms with Crippen molar-refractivity contribution >= 4 is 26.5 Å². The fraction of sp³-hybridized carbons (Fsp3) is 0.304. The second-order valence-corrected chi connectivity index (χ2v) is 8.44. The van der Waals surface area contributed by atoms with Gasteiger partial charge in [0.05, 0.1) is 18.1 Å². The van der Waals surface area contributed by atoms with Crippen LogP contribution >= 0.6 is 0 Å². The molecule has 6 heteroatoms. The predicted molar refractivity (Wildman–Crippen MR) is 117 cm³/mol. The molecule has 1 N–H and O–H groups in total. The number of unbranched alkanes of at least 4 members (excludes halogenated alkanes) is 1. The van der Waals surface area contributed by atoms with Crippen LogP contribution in [0.5, 0.6) is 11.5 Å². The Morgan fingerprint density at radius 1 is 0.793 bits per heavy atom. The van der Waals surface area contributed by atoms with Crippen molar-refractivity contribution in [2.75, 3.05) is 17.9 Å². The Hall–Kier alpha value is -2.73. The van der Waals surface area contributed by atoms with Gasteiger partial charge < -0.3 is 9.47 Å². The summed E-state index contributed by atoms with van der Waals surface area (Å²) in [7, 11) is -3.76. The molecule has 3 aromatic rings. The van der Waals surface area contributed by atoms with Crippen LogP contribution in [-0.2, 0) is 10.0 Å². The van der Waals surface area contributed by atoms with Crippen LogP contribution in [0.25, 0.3) is 10.8 Å². The molecule has 0 aromatic heterocycles. The van der Waals surface area contributed by atoms with Crippen molar-refractivity contribution in [1.82, 2.24) is 0 Å². The zero-order valence-electron chi connectivity index (χ0n) is 16.9. The van der Waals surface area contributed by atoms with E-state index in [0.29, 0.717) is 30.0 Å². The monoisotopic (exact) mass is 413 g/mol. The first kappa shape index (κ1) is 21.0. The Morgan fingerprint density at radius 2 is 1.52 bits per heavy atom. The highest BCUT2D eigenvalue weighted by atomic mass is 32.2. The fourth-order valence-corrected chi connectivity index (χ4v) is 4.25. The van der Waals surface area contributed by atoms with Crippen LogP contribution in [0.4, 0.5) is 5.69 Å². The molecule has 0 atom stereocenters. The van der Waals surface area contributed by atoms with Crippen molar-refractivity contribution < 1.29 is 17.9 Å². The number of fused-ring (bicyclic) bond motifs is 1. The molecule has 5 nitrogen and oxygen atoms in total. The number of sulfonamides is 1. The molecule has 0 heterocycles. The summed E-state index contributed by atoms with van der Waals surface area (Å²) in [5, 5.41) is 1.41. The van der Waals surface area contributed by atoms with E-state index in [9.17, 15) is 8.42 Å². The van der Waals surface area contributed by atoms with Crippen molar-refractivity contribution in [3.8, 4) is 11.5 Å². The van der Waals surface area contributed by atoms with E-state index in [-0.39, 0.29) is 4.90 Å². The SMILES string of the molecule is CCCCOc1ccc(NS(=O)(=O)c2ccc(OCCC)c3ccccc23)cc1. The first-order valence-electron chi connectivity index (χ1n) is 9.95. The second-order valence-electron chi connectivity index (χ2n) is 6.79. The lowest BCUT2D eigenvalue weighted by molar-refractivity contribution is 0.309. The predicted octanol–water partition coefficient (Wildman–Crippen LogP) is 5.61. The number of ether oxygens (including phenoxy) is 2. The van der Waals surface area contributed by atoms with Crippen molar-refractivity contribution in [2.24, 2.45) is 0 Å². The van der Waals surface area contributed by atoms with Gasteiger partial charge in [0.15, 0.2) is 0 Å². The first-order valence-corrected chi connectivity index (χ1v) is 11.4. The third kappa shape index (κ3) is 5.21. The first-order chi connectivity index (χ1) is 14.0. The Balaban J connectivity index is 1.85. The quantitative estimate of drug-likeness (QED) is 0.439. The molecular weight excluding hydrogens is 386 g/mol. The van der Waals surface area contributed by atoms with Gasteiger partial charge >= 0.3 is 0 Å². The summed E-state index contributed by atoms with van der Waals surface area (Å²) < 4.78 is 40.2. The molecule has 29 heavy (non-hydrogen) atoms. The molecule has 0 spiro atoms. The van der Waals surface area contributed by atoms with Gasteiger partial charge in [-0.15, -0.1) is 0 Å². The summed E-state index contributed by atoms with van der Waals surface area (Å²) in [6.07, 6.45) is 2.93. The van der Waals surface area contributed by atoms with Crippen LogP contribution < -0.4 is 14.2 Å². The van der Waals surface area contributed by atoms with Gasteiger partial charge in [0.1, 0.15) is 11.5 Å². The van der Waals surface area contributed by atoms with Gasteiger partial charge in [-0.1, -0.05) is 44.5 Å². The molecule has 0 amide bonds. The molecule has 0 radical (unpaired) electrons. The zero-order valence-corrected chi connectivity index (χ0v) is 17.7. The second kappa shape index (κ2) is 9.65. The summed E-state index contributed by atoms with van der Waals surface area (Å²) in [6, 6.07) is 17.7. The van der Waals surface area contributed by atoms with Gasteiger partial charge in [-0.25, -0.2) is 8.42 Å². The molecule has 0 fully saturated rings. The molecule has 154 valence electrons. The normalized spacial score (nSPS) is 11.4. The van der Waals surface area contributed by atoms with Crippen LogP contribution in [0, 0.1) is 0 Å². The summed E-state index contributed by atoms with van der Waals surface area (Å²) in [4.78, 5) is 0.222. The number of anilines is 1. The van der Waals surface area contributed by atoms with Crippen molar-refractivity contribution in [2.45, 2.75) is 38.0 Å². The van der Waals surface area contributed by atoms with Gasteiger partial charge in [0.25, 0.3) is 10.0 Å². The molecule has 0 bridgehead atoms. The third-order valence-electron chi connectivity index (χ3n) is 4.47. The molecular formula is C23H27NO4S. The molecule has 0 aliphatic carbocycles. The molecule has 3 aromatic carbocycles. The molecule has 0 aliphatic rings. The van der Waals surface area contributed by atoms with Gasteiger partial charge in [-0.3, -0.25) is 4.72 Å². The lowest BCUT2D eigenvalue weighted by Gasteiger charge is -2.14. The lowest BCUT2D eigenvalue weighted by atomic mass is 10.1. The summed E-state index contributed by atoms with van der Waals surface area (Å²) in [6.45, 7) is 5.37. The fourth-order valence-electron chi connectivity index (χ4n) is 2.98. The van der Waals surface area contributed by atoms with E-state index in [2.05, 4.69) is 11.6 Å². The smallest absolute Gasteiger partial charge is 0.262 e. The minimum atomic E-state index is -3.76. The van der Waals surface area contributed by atoms with Crippen LogP contribution in [0.2, 0.25) is 0 Å². The number of rotatable bonds is 10. The van der Waals surface area contributed by atoms with Crippen LogP contribution in [0.15, 0.2) is 65.6 Å². The number of hydrogen-bond donors (Lipinski definition) is 1. The summed E-state index contributed by atoms with van der Waals surface area (Å²) in [5.41, 5.74) is 0.489. The van der Waals surface area contributed by atoms with Crippen LogP contribution in [0.3, 0.4) is 0 Å². The van der Waals surface area contributed by atoms with E-state index >= 15 is 0 Å². The van der Waals surface area contributed by atoms with Crippen molar-refractivity contribution in [3.63, 3.8) is 0 Å². The zero-order chi connectivity index (χ0) is 20.7. The maximum atomic E-state index is 13.1. The van der Waals surface area contributed by atoms with E-state index in [1.165, 1.54) is 0 Å².